The van der Waals surface area contributed by atoms with E-state index in [2.05, 4.69) is 0 Å². The molecule has 1 aliphatic rings. The molecule has 1 amide bonds. The third-order valence-electron chi connectivity index (χ3n) is 4.32. The summed E-state index contributed by atoms with van der Waals surface area (Å²) >= 11 is 0. The Balaban J connectivity index is 1.93. The number of rotatable bonds is 4. The van der Waals surface area contributed by atoms with Gasteiger partial charge in [-0.3, -0.25) is 4.79 Å². The molecule has 1 aliphatic heterocycles. The molecular weight excluding hydrogens is 370 g/mol. The van der Waals surface area contributed by atoms with Gasteiger partial charge in [-0.2, -0.15) is 0 Å². The summed E-state index contributed by atoms with van der Waals surface area (Å²) < 4.78 is 10.1. The van der Waals surface area contributed by atoms with Gasteiger partial charge in [0, 0.05) is 11.6 Å². The van der Waals surface area contributed by atoms with E-state index in [1.807, 2.05) is 24.3 Å². The van der Waals surface area contributed by atoms with Crippen molar-refractivity contribution in [3.8, 4) is 0 Å². The van der Waals surface area contributed by atoms with E-state index in [9.17, 15) is 14.4 Å². The summed E-state index contributed by atoms with van der Waals surface area (Å²) in [6.45, 7) is 5.57. The topological polar surface area (TPSA) is 72.9 Å². The maximum Gasteiger partial charge on any atom is 0.337 e. The van der Waals surface area contributed by atoms with E-state index in [0.717, 1.165) is 5.56 Å². The molecule has 0 fully saturated rings. The summed E-state index contributed by atoms with van der Waals surface area (Å²) in [6.07, 6.45) is 1.25. The van der Waals surface area contributed by atoms with Gasteiger partial charge in [-0.1, -0.05) is 30.3 Å². The van der Waals surface area contributed by atoms with Gasteiger partial charge in [-0.25, -0.2) is 9.59 Å². The zero-order valence-corrected chi connectivity index (χ0v) is 16.9. The van der Waals surface area contributed by atoms with Crippen LogP contribution in [0.5, 0.6) is 0 Å². The van der Waals surface area contributed by atoms with Crippen LogP contribution in [0.1, 0.15) is 42.3 Å². The fraction of sp³-hybridized carbons (Fsp3) is 0.261. The van der Waals surface area contributed by atoms with Crippen molar-refractivity contribution in [3.63, 3.8) is 0 Å². The maximum absolute atomic E-state index is 13.1. The molecule has 0 N–H and O–H groups in total. The number of nitrogens with zero attached hydrogens (tertiary/aromatic N) is 1. The van der Waals surface area contributed by atoms with E-state index in [1.165, 1.54) is 13.2 Å². The average molecular weight is 393 g/mol. The summed E-state index contributed by atoms with van der Waals surface area (Å²) in [5.41, 5.74) is 2.20. The number of para-hydroxylation sites is 1. The average Bonchev–Trinajstić information content (AvgIpc) is 2.92. The number of methoxy groups -OCH3 is 1. The smallest absolute Gasteiger partial charge is 0.337 e. The standard InChI is InChI=1S/C23H23NO5/c1-23(2,3)29-20(25)13-18-17-10-5-6-11-19(17)24(21(18)26)14-15-8-7-9-16(12-15)22(27)28-4/h5-13H,14H2,1-4H3/b18-13+. The molecule has 0 spiro atoms. The van der Waals surface area contributed by atoms with Gasteiger partial charge in [-0.15, -0.1) is 0 Å². The number of amides is 1. The van der Waals surface area contributed by atoms with E-state index in [0.29, 0.717) is 22.4 Å². The number of hydrogen-bond donors (Lipinski definition) is 0. The van der Waals surface area contributed by atoms with Crippen molar-refractivity contribution in [3.05, 3.63) is 71.3 Å². The second-order valence-corrected chi connectivity index (χ2v) is 7.69. The normalized spacial score (nSPS) is 14.7. The van der Waals surface area contributed by atoms with Crippen LogP contribution in [-0.4, -0.2) is 30.6 Å². The fourth-order valence-corrected chi connectivity index (χ4v) is 3.15. The first kappa shape index (κ1) is 20.3. The molecule has 1 heterocycles. The number of ether oxygens (including phenoxy) is 2. The van der Waals surface area contributed by atoms with Crippen molar-refractivity contribution in [2.75, 3.05) is 12.0 Å². The minimum absolute atomic E-state index is 0.256. The Morgan fingerprint density at radius 1 is 1.07 bits per heavy atom. The number of carbonyl (C=O) groups is 3. The van der Waals surface area contributed by atoms with Gasteiger partial charge in [0.2, 0.25) is 0 Å². The van der Waals surface area contributed by atoms with Crippen LogP contribution < -0.4 is 4.90 Å². The molecule has 6 heteroatoms. The molecule has 0 bridgehead atoms. The number of anilines is 1. The third-order valence-corrected chi connectivity index (χ3v) is 4.32. The molecule has 0 atom stereocenters. The van der Waals surface area contributed by atoms with E-state index >= 15 is 0 Å². The molecule has 0 radical (unpaired) electrons. The van der Waals surface area contributed by atoms with Gasteiger partial charge in [0.1, 0.15) is 5.60 Å². The maximum atomic E-state index is 13.1. The summed E-state index contributed by atoms with van der Waals surface area (Å²) in [4.78, 5) is 38.7. The highest BCUT2D eigenvalue weighted by atomic mass is 16.6. The highest BCUT2D eigenvalue weighted by molar-refractivity contribution is 6.34. The Morgan fingerprint density at radius 2 is 1.79 bits per heavy atom. The zero-order chi connectivity index (χ0) is 21.2. The second-order valence-electron chi connectivity index (χ2n) is 7.69. The number of benzene rings is 2. The van der Waals surface area contributed by atoms with Gasteiger partial charge in [0.25, 0.3) is 5.91 Å². The van der Waals surface area contributed by atoms with Crippen LogP contribution in [0.2, 0.25) is 0 Å². The van der Waals surface area contributed by atoms with Crippen LogP contribution in [-0.2, 0) is 25.6 Å². The van der Waals surface area contributed by atoms with Crippen molar-refractivity contribution in [1.29, 1.82) is 0 Å². The Labute approximate surface area is 169 Å². The van der Waals surface area contributed by atoms with Crippen molar-refractivity contribution in [1.82, 2.24) is 0 Å². The predicted molar refractivity (Wildman–Crippen MR) is 109 cm³/mol. The first-order valence-corrected chi connectivity index (χ1v) is 9.23. The quantitative estimate of drug-likeness (QED) is 0.584. The molecule has 2 aromatic carbocycles. The van der Waals surface area contributed by atoms with Crippen molar-refractivity contribution in [2.24, 2.45) is 0 Å². The molecule has 29 heavy (non-hydrogen) atoms. The lowest BCUT2D eigenvalue weighted by Crippen LogP contribution is -2.27. The first-order chi connectivity index (χ1) is 13.7. The lowest BCUT2D eigenvalue weighted by Gasteiger charge is -2.18. The van der Waals surface area contributed by atoms with Crippen molar-refractivity contribution >= 4 is 29.1 Å². The summed E-state index contributed by atoms with van der Waals surface area (Å²) in [6, 6.07) is 14.2. The monoisotopic (exact) mass is 393 g/mol. The van der Waals surface area contributed by atoms with Gasteiger partial charge in [0.05, 0.1) is 30.5 Å². The molecule has 150 valence electrons. The van der Waals surface area contributed by atoms with Crippen LogP contribution in [0.25, 0.3) is 5.57 Å². The molecule has 3 rings (SSSR count). The lowest BCUT2D eigenvalue weighted by atomic mass is 10.1. The van der Waals surface area contributed by atoms with Crippen molar-refractivity contribution in [2.45, 2.75) is 32.9 Å². The molecule has 0 aliphatic carbocycles. The number of esters is 2. The van der Waals surface area contributed by atoms with Crippen LogP contribution in [0.15, 0.2) is 54.6 Å². The Kier molecular flexibility index (Phi) is 5.55. The lowest BCUT2D eigenvalue weighted by molar-refractivity contribution is -0.148. The minimum atomic E-state index is -0.649. The van der Waals surface area contributed by atoms with Gasteiger partial charge in [-0.05, 0) is 44.5 Å². The van der Waals surface area contributed by atoms with E-state index in [-0.39, 0.29) is 12.5 Å². The third kappa shape index (κ3) is 4.54. The van der Waals surface area contributed by atoms with Crippen LogP contribution in [0.4, 0.5) is 5.69 Å². The van der Waals surface area contributed by atoms with E-state index in [1.54, 1.807) is 49.9 Å². The Bertz CT molecular complexity index is 1000. The Morgan fingerprint density at radius 3 is 2.48 bits per heavy atom. The highest BCUT2D eigenvalue weighted by Gasteiger charge is 2.33. The van der Waals surface area contributed by atoms with Crippen molar-refractivity contribution < 1.29 is 23.9 Å². The summed E-state index contributed by atoms with van der Waals surface area (Å²) in [7, 11) is 1.32. The van der Waals surface area contributed by atoms with Gasteiger partial charge < -0.3 is 14.4 Å². The van der Waals surface area contributed by atoms with E-state index < -0.39 is 17.5 Å². The number of carbonyl (C=O) groups excluding carboxylic acids is 3. The SMILES string of the molecule is COC(=O)c1cccc(CN2C(=O)/C(=C/C(=O)OC(C)(C)C)c3ccccc32)c1. The Hall–Kier alpha value is -3.41. The van der Waals surface area contributed by atoms with Crippen LogP contribution >= 0.6 is 0 Å². The highest BCUT2D eigenvalue weighted by Crippen LogP contribution is 2.37. The fourth-order valence-electron chi connectivity index (χ4n) is 3.15. The molecule has 0 unspecified atom stereocenters. The minimum Gasteiger partial charge on any atom is -0.465 e. The van der Waals surface area contributed by atoms with Crippen LogP contribution in [0.3, 0.4) is 0 Å². The molecule has 0 saturated carbocycles. The zero-order valence-electron chi connectivity index (χ0n) is 16.9. The van der Waals surface area contributed by atoms with Gasteiger partial charge in [0.15, 0.2) is 0 Å². The molecular formula is C23H23NO5. The van der Waals surface area contributed by atoms with Gasteiger partial charge >= 0.3 is 11.9 Å². The van der Waals surface area contributed by atoms with E-state index in [4.69, 9.17) is 9.47 Å². The first-order valence-electron chi connectivity index (χ1n) is 9.23. The molecule has 2 aromatic rings. The van der Waals surface area contributed by atoms with Crippen LogP contribution in [0, 0.1) is 0 Å². The molecule has 0 aromatic heterocycles. The molecule has 0 saturated heterocycles. The number of hydrogen-bond acceptors (Lipinski definition) is 5. The summed E-state index contributed by atoms with van der Waals surface area (Å²) in [5, 5.41) is 0. The predicted octanol–water partition coefficient (Wildman–Crippen LogP) is 3.75. The number of fused-ring (bicyclic) bond motifs is 1. The molecule has 6 nitrogen and oxygen atoms in total. The largest absolute Gasteiger partial charge is 0.465 e. The summed E-state index contributed by atoms with van der Waals surface area (Å²) in [5.74, 6) is -1.30. The second kappa shape index (κ2) is 7.91.